The van der Waals surface area contributed by atoms with Crippen molar-refractivity contribution in [1.29, 1.82) is 0 Å². The molecule has 6 nitrogen and oxygen atoms in total. The lowest BCUT2D eigenvalue weighted by molar-refractivity contribution is 0.104. The molecule has 229 valence electrons. The van der Waals surface area contributed by atoms with Gasteiger partial charge in [0.1, 0.15) is 0 Å². The summed E-state index contributed by atoms with van der Waals surface area (Å²) in [4.78, 5) is 19.6. The molecule has 2 fully saturated rings. The van der Waals surface area contributed by atoms with Gasteiger partial charge in [0.05, 0.1) is 5.69 Å². The lowest BCUT2D eigenvalue weighted by Crippen LogP contribution is -2.48. The maximum Gasteiger partial charge on any atom is 0.0787 e. The molecule has 0 bridgehead atoms. The first-order chi connectivity index (χ1) is 21.4. The minimum Gasteiger partial charge on any atom is -0.298 e. The molecular formula is C38H47N6. The highest BCUT2D eigenvalue weighted by Gasteiger charge is 2.20. The second-order valence-electron chi connectivity index (χ2n) is 13.0. The number of aromatic nitrogens is 2. The van der Waals surface area contributed by atoms with Crippen molar-refractivity contribution < 1.29 is 0 Å². The van der Waals surface area contributed by atoms with E-state index in [1.807, 2.05) is 24.7 Å². The first-order valence-electron chi connectivity index (χ1n) is 16.4. The molecule has 0 spiro atoms. The van der Waals surface area contributed by atoms with Crippen LogP contribution in [-0.2, 0) is 13.1 Å². The van der Waals surface area contributed by atoms with Crippen molar-refractivity contribution in [3.63, 3.8) is 0 Å². The van der Waals surface area contributed by atoms with Crippen LogP contribution in [0.4, 0.5) is 0 Å². The van der Waals surface area contributed by atoms with E-state index in [0.29, 0.717) is 12.1 Å². The Bertz CT molecular complexity index is 1500. The molecule has 6 heteroatoms. The zero-order chi connectivity index (χ0) is 30.5. The first-order valence-corrected chi connectivity index (χ1v) is 16.4. The number of hydrogen-bond donors (Lipinski definition) is 0. The number of rotatable bonds is 9. The molecule has 0 aliphatic carbocycles. The standard InChI is InChI=1S/C38H47N6/c1-29(2)43-18-14-41(15-19-43)27-31-8-10-33(11-9-31)36-23-37(26-39-25-36)34-12-13-40-38(24-34)35-7-5-6-32(22-35)28-42-16-20-44(21-17-42)30(3)4/h5-13,22-23,25-26,29-30H,14-21,27-28H2,1-4H3. The number of pyridine rings is 2. The van der Waals surface area contributed by atoms with E-state index >= 15 is 0 Å². The Kier molecular flexibility index (Phi) is 9.82. The van der Waals surface area contributed by atoms with Crippen LogP contribution in [0.3, 0.4) is 0 Å². The topological polar surface area (TPSA) is 38.7 Å². The quantitative estimate of drug-likeness (QED) is 0.228. The van der Waals surface area contributed by atoms with Gasteiger partial charge in [-0.15, -0.1) is 0 Å². The van der Waals surface area contributed by atoms with Crippen molar-refractivity contribution >= 4 is 0 Å². The Morgan fingerprint density at radius 3 is 1.86 bits per heavy atom. The van der Waals surface area contributed by atoms with Crippen LogP contribution in [0.5, 0.6) is 0 Å². The van der Waals surface area contributed by atoms with Gasteiger partial charge < -0.3 is 0 Å². The summed E-state index contributed by atoms with van der Waals surface area (Å²) < 4.78 is 0. The summed E-state index contributed by atoms with van der Waals surface area (Å²) in [6.45, 7) is 20.2. The van der Waals surface area contributed by atoms with Crippen molar-refractivity contribution in [2.45, 2.75) is 52.9 Å². The van der Waals surface area contributed by atoms with E-state index in [2.05, 4.69) is 113 Å². The minimum atomic E-state index is 0.622. The summed E-state index contributed by atoms with van der Waals surface area (Å²) in [5, 5.41) is 0. The van der Waals surface area contributed by atoms with Crippen LogP contribution >= 0.6 is 0 Å². The molecule has 2 aliphatic rings. The van der Waals surface area contributed by atoms with E-state index in [4.69, 9.17) is 4.98 Å². The highest BCUT2D eigenvalue weighted by molar-refractivity contribution is 5.74. The Morgan fingerprint density at radius 1 is 0.614 bits per heavy atom. The van der Waals surface area contributed by atoms with Gasteiger partial charge in [0.25, 0.3) is 0 Å². The normalized spacial score (nSPS) is 17.5. The fourth-order valence-electron chi connectivity index (χ4n) is 6.46. The van der Waals surface area contributed by atoms with Crippen LogP contribution in [0.15, 0.2) is 79.3 Å². The molecule has 2 aromatic carbocycles. The van der Waals surface area contributed by atoms with Crippen LogP contribution in [0.1, 0.15) is 38.8 Å². The SMILES string of the molecule is CC(C)N1CCN(Cc2ccc(-c3cncc(-c4[c]c(-c5cccc(CN6CCN(C(C)C)CC6)c5)ncc4)c3)cc2)CC1. The molecule has 1 radical (unpaired) electrons. The smallest absolute Gasteiger partial charge is 0.0787 e. The van der Waals surface area contributed by atoms with Gasteiger partial charge in [-0.05, 0) is 68.1 Å². The highest BCUT2D eigenvalue weighted by Crippen LogP contribution is 2.28. The van der Waals surface area contributed by atoms with Crippen LogP contribution in [-0.4, -0.2) is 94.0 Å². The van der Waals surface area contributed by atoms with Crippen LogP contribution in [0.2, 0.25) is 0 Å². The van der Waals surface area contributed by atoms with E-state index in [1.165, 1.54) is 16.7 Å². The molecule has 44 heavy (non-hydrogen) atoms. The highest BCUT2D eigenvalue weighted by atomic mass is 15.3. The van der Waals surface area contributed by atoms with E-state index in [1.54, 1.807) is 0 Å². The zero-order valence-corrected chi connectivity index (χ0v) is 26.9. The Labute approximate surface area is 264 Å². The van der Waals surface area contributed by atoms with Gasteiger partial charge in [0.2, 0.25) is 0 Å². The lowest BCUT2D eigenvalue weighted by atomic mass is 10.00. The zero-order valence-electron chi connectivity index (χ0n) is 26.9. The summed E-state index contributed by atoms with van der Waals surface area (Å²) >= 11 is 0. The average molecular weight is 588 g/mol. The molecule has 2 aliphatic heterocycles. The number of nitrogens with zero attached hydrogens (tertiary/aromatic N) is 6. The summed E-state index contributed by atoms with van der Waals surface area (Å²) in [6, 6.07) is 26.9. The molecule has 2 saturated heterocycles. The van der Waals surface area contributed by atoms with Crippen molar-refractivity contribution in [2.24, 2.45) is 0 Å². The van der Waals surface area contributed by atoms with E-state index in [-0.39, 0.29) is 0 Å². The minimum absolute atomic E-state index is 0.622. The first kappa shape index (κ1) is 30.6. The Balaban J connectivity index is 1.11. The summed E-state index contributed by atoms with van der Waals surface area (Å²) in [7, 11) is 0. The fourth-order valence-corrected chi connectivity index (χ4v) is 6.46. The van der Waals surface area contributed by atoms with Crippen LogP contribution < -0.4 is 0 Å². The van der Waals surface area contributed by atoms with Crippen molar-refractivity contribution in [1.82, 2.24) is 29.6 Å². The van der Waals surface area contributed by atoms with Crippen molar-refractivity contribution in [3.8, 4) is 33.5 Å². The predicted molar refractivity (Wildman–Crippen MR) is 181 cm³/mol. The van der Waals surface area contributed by atoms with Gasteiger partial charge in [0, 0.05) is 119 Å². The second kappa shape index (κ2) is 14.1. The molecule has 0 amide bonds. The van der Waals surface area contributed by atoms with E-state index in [9.17, 15) is 0 Å². The summed E-state index contributed by atoms with van der Waals surface area (Å²) in [5.74, 6) is 0. The van der Waals surface area contributed by atoms with Crippen LogP contribution in [0.25, 0.3) is 33.5 Å². The maximum atomic E-state index is 4.70. The van der Waals surface area contributed by atoms with Crippen LogP contribution in [0, 0.1) is 6.07 Å². The van der Waals surface area contributed by atoms with Gasteiger partial charge in [-0.3, -0.25) is 29.6 Å². The molecule has 2 aromatic heterocycles. The third-order valence-electron chi connectivity index (χ3n) is 9.32. The number of hydrogen-bond acceptors (Lipinski definition) is 6. The molecule has 0 atom stereocenters. The Morgan fingerprint density at radius 2 is 1.23 bits per heavy atom. The number of benzene rings is 2. The van der Waals surface area contributed by atoms with Crippen molar-refractivity contribution in [2.75, 3.05) is 52.4 Å². The van der Waals surface area contributed by atoms with Gasteiger partial charge in [-0.2, -0.15) is 0 Å². The van der Waals surface area contributed by atoms with Gasteiger partial charge in [-0.1, -0.05) is 42.5 Å². The average Bonchev–Trinajstić information content (AvgIpc) is 3.06. The number of piperazine rings is 2. The van der Waals surface area contributed by atoms with Crippen molar-refractivity contribution in [3.05, 3.63) is 96.4 Å². The molecule has 0 unspecified atom stereocenters. The molecule has 4 heterocycles. The van der Waals surface area contributed by atoms with Gasteiger partial charge in [-0.25, -0.2) is 0 Å². The van der Waals surface area contributed by atoms with Gasteiger partial charge >= 0.3 is 0 Å². The summed E-state index contributed by atoms with van der Waals surface area (Å²) in [6.07, 6.45) is 5.77. The summed E-state index contributed by atoms with van der Waals surface area (Å²) in [5.41, 5.74) is 9.03. The fraction of sp³-hybridized carbons (Fsp3) is 0.421. The molecule has 0 saturated carbocycles. The molecule has 0 N–H and O–H groups in total. The van der Waals surface area contributed by atoms with E-state index in [0.717, 1.165) is 93.4 Å². The third kappa shape index (κ3) is 7.62. The van der Waals surface area contributed by atoms with Gasteiger partial charge in [0.15, 0.2) is 0 Å². The lowest BCUT2D eigenvalue weighted by Gasteiger charge is -2.37. The maximum absolute atomic E-state index is 4.70. The second-order valence-corrected chi connectivity index (χ2v) is 13.0. The van der Waals surface area contributed by atoms with E-state index < -0.39 is 0 Å². The monoisotopic (exact) mass is 587 g/mol. The largest absolute Gasteiger partial charge is 0.298 e. The predicted octanol–water partition coefficient (Wildman–Crippen LogP) is 6.33. The molecule has 4 aromatic rings. The Hall–Kier alpha value is -3.42. The molecular weight excluding hydrogens is 540 g/mol. The third-order valence-corrected chi connectivity index (χ3v) is 9.32. The molecule has 6 rings (SSSR count).